The molecule has 188 valence electrons. The van der Waals surface area contributed by atoms with E-state index in [4.69, 9.17) is 0 Å². The molecule has 0 N–H and O–H groups in total. The molecular formula is C8H2N14O14. The Morgan fingerprint density at radius 1 is 0.639 bits per heavy atom. The summed E-state index contributed by atoms with van der Waals surface area (Å²) < 4.78 is 12.8. The van der Waals surface area contributed by atoms with Gasteiger partial charge in [0, 0.05) is 15.4 Å². The zero-order valence-corrected chi connectivity index (χ0v) is 16.1. The monoisotopic (exact) mass is 518 g/mol. The predicted molar refractivity (Wildman–Crippen MR) is 89.0 cm³/mol. The predicted octanol–water partition coefficient (Wildman–Crippen LogP) is -1.73. The van der Waals surface area contributed by atoms with E-state index in [-0.39, 0.29) is 0 Å². The minimum atomic E-state index is -3.14. The van der Waals surface area contributed by atoms with Gasteiger partial charge in [-0.3, -0.25) is 45.1 Å². The minimum absolute atomic E-state index is 0.466. The summed E-state index contributed by atoms with van der Waals surface area (Å²) in [7, 11) is 0. The molecule has 0 atom stereocenters. The highest BCUT2D eigenvalue weighted by molar-refractivity contribution is 5.79. The van der Waals surface area contributed by atoms with E-state index in [2.05, 4.69) is 49.9 Å². The first-order valence-corrected chi connectivity index (χ1v) is 8.09. The van der Waals surface area contributed by atoms with Crippen LogP contribution in [0.1, 0.15) is 0 Å². The van der Waals surface area contributed by atoms with Crippen molar-refractivity contribution in [3.8, 4) is 22.8 Å². The topological polar surface area (TPSA) is 380 Å². The van der Waals surface area contributed by atoms with Gasteiger partial charge in [0.05, 0.1) is 9.72 Å². The van der Waals surface area contributed by atoms with Crippen molar-refractivity contribution in [3.05, 3.63) is 56.1 Å². The second-order valence-corrected chi connectivity index (χ2v) is 5.64. The van der Waals surface area contributed by atoms with Gasteiger partial charge >= 0.3 is 12.6 Å². The lowest BCUT2D eigenvalue weighted by molar-refractivity contribution is -0.924. The van der Waals surface area contributed by atoms with Gasteiger partial charge < -0.3 is 15.6 Å². The van der Waals surface area contributed by atoms with E-state index in [1.54, 1.807) is 0 Å². The summed E-state index contributed by atoms with van der Waals surface area (Å²) >= 11 is 0. The van der Waals surface area contributed by atoms with E-state index in [1.165, 1.54) is 0 Å². The van der Waals surface area contributed by atoms with Crippen molar-refractivity contribution in [2.45, 2.75) is 12.6 Å². The third-order valence-electron chi connectivity index (χ3n) is 3.54. The van der Waals surface area contributed by atoms with E-state index in [1.807, 2.05) is 0 Å². The Morgan fingerprint density at radius 3 is 1.50 bits per heavy atom. The maximum absolute atomic E-state index is 12.1. The number of rotatable bonds is 10. The van der Waals surface area contributed by atoms with Crippen LogP contribution < -0.4 is 4.90 Å². The lowest BCUT2D eigenvalue weighted by Gasteiger charge is -1.99. The third-order valence-corrected chi connectivity index (χ3v) is 3.54. The highest BCUT2D eigenvalue weighted by Gasteiger charge is 2.46. The van der Waals surface area contributed by atoms with Gasteiger partial charge in [0.2, 0.25) is 11.4 Å². The maximum Gasteiger partial charge on any atom is 0.674 e. The Hall–Kier alpha value is -6.38. The first-order chi connectivity index (χ1) is 16.9. The average molecular weight is 518 g/mol. The van der Waals surface area contributed by atoms with Gasteiger partial charge in [-0.15, -0.1) is 0 Å². The van der Waals surface area contributed by atoms with Gasteiger partial charge in [-0.25, -0.2) is 9.26 Å². The van der Waals surface area contributed by atoms with Crippen LogP contribution in [0.4, 0.5) is 11.6 Å². The number of azo groups is 2. The molecule has 3 heterocycles. The molecule has 0 saturated carbocycles. The van der Waals surface area contributed by atoms with Gasteiger partial charge in [0.25, 0.3) is 23.0 Å². The molecule has 0 aliphatic heterocycles. The Morgan fingerprint density at radius 2 is 1.06 bits per heavy atom. The third kappa shape index (κ3) is 4.41. The van der Waals surface area contributed by atoms with Crippen molar-refractivity contribution in [2.24, 2.45) is 10.2 Å². The van der Waals surface area contributed by atoms with Gasteiger partial charge in [0.1, 0.15) is 0 Å². The Balaban J connectivity index is 2.11. The van der Waals surface area contributed by atoms with Crippen LogP contribution in [0.3, 0.4) is 0 Å². The number of hydrogen-bond acceptors (Lipinski definition) is 21. The summed E-state index contributed by atoms with van der Waals surface area (Å²) in [6.45, 7) is 0. The molecule has 3 aromatic heterocycles. The van der Waals surface area contributed by atoms with Crippen LogP contribution in [0.2, 0.25) is 0 Å². The molecule has 0 amide bonds. The smallest absolute Gasteiger partial charge is 0.589 e. The lowest BCUT2D eigenvalue weighted by atomic mass is 10.2. The summed E-state index contributed by atoms with van der Waals surface area (Å²) in [5.41, 5.74) is -3.47. The van der Waals surface area contributed by atoms with Crippen LogP contribution in [-0.2, 0) is 0 Å². The molecule has 0 unspecified atom stereocenters. The van der Waals surface area contributed by atoms with E-state index >= 15 is 0 Å². The highest BCUT2D eigenvalue weighted by Crippen LogP contribution is 2.34. The fourth-order valence-electron chi connectivity index (χ4n) is 2.17. The van der Waals surface area contributed by atoms with Crippen molar-refractivity contribution in [1.29, 1.82) is 0 Å². The molecule has 28 nitrogen and oxygen atoms in total. The molecule has 3 aromatic rings. The first kappa shape index (κ1) is 24.3. The molecule has 36 heavy (non-hydrogen) atoms. The Bertz CT molecular complexity index is 1390. The van der Waals surface area contributed by atoms with E-state index < -0.39 is 81.3 Å². The second-order valence-electron chi connectivity index (χ2n) is 5.64. The first-order valence-electron chi connectivity index (χ1n) is 8.09. The molecule has 0 aromatic carbocycles. The van der Waals surface area contributed by atoms with Crippen LogP contribution in [0.25, 0.3) is 22.8 Å². The largest absolute Gasteiger partial charge is 0.674 e. The molecule has 3 rings (SSSR count). The molecule has 0 aliphatic carbocycles. The fourth-order valence-corrected chi connectivity index (χ4v) is 2.17. The van der Waals surface area contributed by atoms with Crippen LogP contribution >= 0.6 is 0 Å². The second kappa shape index (κ2) is 9.24. The van der Waals surface area contributed by atoms with Crippen molar-refractivity contribution in [1.82, 2.24) is 25.8 Å². The van der Waals surface area contributed by atoms with Gasteiger partial charge in [-0.1, -0.05) is 0 Å². The van der Waals surface area contributed by atoms with Crippen molar-refractivity contribution in [3.63, 3.8) is 0 Å². The van der Waals surface area contributed by atoms with Gasteiger partial charge in [0.15, 0.2) is 19.7 Å². The standard InChI is InChI=1S/C8H2N14O14/c23-16(7(18(25)26)19(27)28)9-5-2(11-34-14-5)1-4(22(33)36-13-1)3-6(15-35-12-3)10-17(24)8(20(29)30)21(31)32/h7-8H. The van der Waals surface area contributed by atoms with Crippen molar-refractivity contribution < 1.29 is 48.2 Å². The van der Waals surface area contributed by atoms with Crippen LogP contribution in [0.5, 0.6) is 0 Å². The normalized spacial score (nSPS) is 12.3. The summed E-state index contributed by atoms with van der Waals surface area (Å²) in [4.78, 5) is 33.9. The van der Waals surface area contributed by atoms with Crippen molar-refractivity contribution >= 4 is 11.6 Å². The molecule has 0 bridgehead atoms. The zero-order chi connectivity index (χ0) is 26.7. The SMILES string of the molecule is O=[N+]([O-])C([N+](=O)[O-])[N+]([O-])=Nc1nonc1-c1no[n+]([O-])c1-c1nonc1N=[N+]([O-])C([N+](=O)[O-])[N+](=O)[O-]. The summed E-state index contributed by atoms with van der Waals surface area (Å²) in [6.07, 6.45) is -6.26. The number of nitrogens with zero attached hydrogens (tertiary/aromatic N) is 14. The number of nitro groups is 4. The number of hydrogen-bond donors (Lipinski definition) is 0. The fraction of sp³-hybridized carbons (Fsp3) is 0.250. The van der Waals surface area contributed by atoms with Crippen molar-refractivity contribution in [2.75, 3.05) is 0 Å². The molecule has 0 aliphatic rings. The summed E-state index contributed by atoms with van der Waals surface area (Å²) in [5, 5.41) is 100. The van der Waals surface area contributed by atoms with E-state index in [0.717, 1.165) is 0 Å². The maximum atomic E-state index is 12.1. The molecule has 28 heteroatoms. The average Bonchev–Trinajstić information content (AvgIpc) is 3.46. The van der Waals surface area contributed by atoms with Gasteiger partial charge in [-0.2, -0.15) is 0 Å². The quantitative estimate of drug-likeness (QED) is 0.0717. The number of hydroxylamine groups is 2. The summed E-state index contributed by atoms with van der Waals surface area (Å²) in [6, 6.07) is 0. The van der Waals surface area contributed by atoms with Crippen LogP contribution in [0.15, 0.2) is 24.1 Å². The molecule has 0 radical (unpaired) electrons. The highest BCUT2D eigenvalue weighted by atomic mass is 16.8. The zero-order valence-electron chi connectivity index (χ0n) is 16.1. The molecule has 0 saturated heterocycles. The van der Waals surface area contributed by atoms with E-state index in [0.29, 0.717) is 0 Å². The Kier molecular flexibility index (Phi) is 6.23. The molecule has 0 fully saturated rings. The minimum Gasteiger partial charge on any atom is -0.589 e. The molecular weight excluding hydrogens is 516 g/mol. The van der Waals surface area contributed by atoms with Crippen LogP contribution in [0, 0.1) is 56.1 Å². The Labute approximate surface area is 188 Å². The summed E-state index contributed by atoms with van der Waals surface area (Å²) in [5.74, 6) is -2.08. The van der Waals surface area contributed by atoms with Crippen LogP contribution in [-0.4, -0.2) is 67.8 Å². The van der Waals surface area contributed by atoms with E-state index in [9.17, 15) is 56.1 Å². The molecule has 0 spiro atoms. The lowest BCUT2D eigenvalue weighted by Crippen LogP contribution is -2.36. The number of aromatic nitrogens is 6. The van der Waals surface area contributed by atoms with Gasteiger partial charge in [-0.05, 0) is 25.5 Å².